The molecule has 3 heterocycles. The van der Waals surface area contributed by atoms with Crippen LogP contribution < -0.4 is 0 Å². The van der Waals surface area contributed by atoms with Crippen molar-refractivity contribution < 1.29 is 28.5 Å². The quantitative estimate of drug-likeness (QED) is 0.785. The van der Waals surface area contributed by atoms with Crippen LogP contribution in [0, 0.1) is 0 Å². The Balaban J connectivity index is 1.51. The van der Waals surface area contributed by atoms with Gasteiger partial charge in [0, 0.05) is 6.08 Å². The standard InChI is InChI=1S/C18H20O6/c1-18(2)23-16-15(20-10-11-6-4-3-5-7-11)14(22-17(16)24-18)12-8-9-13(19)21-12/h3-9,12,14-17H,10H2,1-2H3/t12?,14-,15+,16+,17+/m0/s1. The van der Waals surface area contributed by atoms with Crippen molar-refractivity contribution in [1.82, 2.24) is 0 Å². The molecule has 128 valence electrons. The van der Waals surface area contributed by atoms with Gasteiger partial charge in [0.1, 0.15) is 24.4 Å². The molecule has 1 aromatic carbocycles. The van der Waals surface area contributed by atoms with Crippen molar-refractivity contribution in [3.63, 3.8) is 0 Å². The molecule has 0 amide bonds. The molecule has 6 nitrogen and oxygen atoms in total. The maximum absolute atomic E-state index is 11.4. The van der Waals surface area contributed by atoms with Gasteiger partial charge in [-0.3, -0.25) is 0 Å². The van der Waals surface area contributed by atoms with Crippen LogP contribution in [0.5, 0.6) is 0 Å². The lowest BCUT2D eigenvalue weighted by atomic mass is 10.1. The summed E-state index contributed by atoms with van der Waals surface area (Å²) in [6.45, 7) is 4.10. The van der Waals surface area contributed by atoms with Gasteiger partial charge >= 0.3 is 5.97 Å². The van der Waals surface area contributed by atoms with Crippen LogP contribution in [0.3, 0.4) is 0 Å². The average molecular weight is 332 g/mol. The van der Waals surface area contributed by atoms with Crippen LogP contribution in [0.4, 0.5) is 0 Å². The minimum Gasteiger partial charge on any atom is -0.452 e. The predicted octanol–water partition coefficient (Wildman–Crippen LogP) is 1.93. The fraction of sp³-hybridized carbons (Fsp3) is 0.500. The summed E-state index contributed by atoms with van der Waals surface area (Å²) in [5.41, 5.74) is 1.05. The van der Waals surface area contributed by atoms with Crippen molar-refractivity contribution in [2.75, 3.05) is 0 Å². The van der Waals surface area contributed by atoms with Gasteiger partial charge in [-0.1, -0.05) is 30.3 Å². The Morgan fingerprint density at radius 1 is 1.12 bits per heavy atom. The number of carbonyl (C=O) groups is 1. The zero-order chi connectivity index (χ0) is 16.7. The lowest BCUT2D eigenvalue weighted by molar-refractivity contribution is -0.228. The third-order valence-electron chi connectivity index (χ3n) is 4.31. The van der Waals surface area contributed by atoms with E-state index in [1.54, 1.807) is 6.08 Å². The van der Waals surface area contributed by atoms with Crippen LogP contribution in [0.15, 0.2) is 42.5 Å². The van der Waals surface area contributed by atoms with Crippen LogP contribution in [-0.2, 0) is 35.1 Å². The number of hydrogen-bond donors (Lipinski definition) is 0. The molecule has 0 radical (unpaired) electrons. The minimum absolute atomic E-state index is 0.360. The van der Waals surface area contributed by atoms with Gasteiger partial charge in [-0.15, -0.1) is 0 Å². The first kappa shape index (κ1) is 15.8. The second-order valence-electron chi connectivity index (χ2n) is 6.59. The van der Waals surface area contributed by atoms with Gasteiger partial charge in [0.25, 0.3) is 0 Å². The zero-order valence-corrected chi connectivity index (χ0v) is 13.6. The smallest absolute Gasteiger partial charge is 0.331 e. The maximum atomic E-state index is 11.4. The molecule has 6 heteroatoms. The van der Waals surface area contributed by atoms with Crippen LogP contribution in [0.1, 0.15) is 19.4 Å². The van der Waals surface area contributed by atoms with E-state index in [0.717, 1.165) is 5.56 Å². The molecular formula is C18H20O6. The van der Waals surface area contributed by atoms with E-state index in [4.69, 9.17) is 23.7 Å². The highest BCUT2D eigenvalue weighted by atomic mass is 16.8. The van der Waals surface area contributed by atoms with E-state index < -0.39 is 30.4 Å². The van der Waals surface area contributed by atoms with Gasteiger partial charge < -0.3 is 23.7 Å². The number of esters is 1. The molecule has 0 bridgehead atoms. The lowest BCUT2D eigenvalue weighted by Crippen LogP contribution is -2.42. The van der Waals surface area contributed by atoms with Crippen LogP contribution in [-0.4, -0.2) is 42.5 Å². The SMILES string of the molecule is CC1(C)O[C@H]2O[C@@H](C3C=CC(=O)O3)[C@@H](OCc3ccccc3)[C@H]2O1. The number of fused-ring (bicyclic) bond motifs is 1. The lowest BCUT2D eigenvalue weighted by Gasteiger charge is -2.28. The molecule has 2 saturated heterocycles. The summed E-state index contributed by atoms with van der Waals surface area (Å²) in [4.78, 5) is 11.4. The maximum Gasteiger partial charge on any atom is 0.331 e. The predicted molar refractivity (Wildman–Crippen MR) is 82.7 cm³/mol. The van der Waals surface area contributed by atoms with E-state index in [0.29, 0.717) is 6.61 Å². The Bertz CT molecular complexity index is 640. The summed E-state index contributed by atoms with van der Waals surface area (Å²) in [5.74, 6) is -1.10. The van der Waals surface area contributed by atoms with Crippen LogP contribution >= 0.6 is 0 Å². The van der Waals surface area contributed by atoms with Crippen molar-refractivity contribution in [2.45, 2.75) is 56.9 Å². The van der Waals surface area contributed by atoms with E-state index >= 15 is 0 Å². The molecular weight excluding hydrogens is 312 g/mol. The summed E-state index contributed by atoms with van der Waals surface area (Å²) in [7, 11) is 0. The molecule has 4 rings (SSSR count). The van der Waals surface area contributed by atoms with Gasteiger partial charge in [-0.25, -0.2) is 4.79 Å². The summed E-state index contributed by atoms with van der Waals surface area (Å²) in [5, 5.41) is 0. The van der Waals surface area contributed by atoms with Crippen molar-refractivity contribution in [3.05, 3.63) is 48.0 Å². The molecule has 0 N–H and O–H groups in total. The monoisotopic (exact) mass is 332 g/mol. The first-order valence-electron chi connectivity index (χ1n) is 8.07. The Kier molecular flexibility index (Phi) is 3.92. The number of carbonyl (C=O) groups excluding carboxylic acids is 1. The Morgan fingerprint density at radius 2 is 1.92 bits per heavy atom. The van der Waals surface area contributed by atoms with Gasteiger partial charge in [0.05, 0.1) is 6.61 Å². The largest absolute Gasteiger partial charge is 0.452 e. The first-order chi connectivity index (χ1) is 11.5. The van der Waals surface area contributed by atoms with Gasteiger partial charge in [-0.2, -0.15) is 0 Å². The highest BCUT2D eigenvalue weighted by Gasteiger charge is 2.57. The second-order valence-corrected chi connectivity index (χ2v) is 6.59. The molecule has 3 aliphatic rings. The van der Waals surface area contributed by atoms with Gasteiger partial charge in [-0.05, 0) is 25.5 Å². The summed E-state index contributed by atoms with van der Waals surface area (Å²) < 4.78 is 29.1. The molecule has 0 aromatic heterocycles. The first-order valence-corrected chi connectivity index (χ1v) is 8.07. The van der Waals surface area contributed by atoms with Gasteiger partial charge in [0.2, 0.25) is 0 Å². The average Bonchev–Trinajstić information content (AvgIpc) is 3.18. The van der Waals surface area contributed by atoms with Crippen molar-refractivity contribution in [3.8, 4) is 0 Å². The second kappa shape index (κ2) is 5.97. The summed E-state index contributed by atoms with van der Waals surface area (Å²) >= 11 is 0. The molecule has 0 saturated carbocycles. The van der Waals surface area contributed by atoms with Crippen molar-refractivity contribution in [2.24, 2.45) is 0 Å². The molecule has 2 fully saturated rings. The fourth-order valence-electron chi connectivity index (χ4n) is 3.29. The number of hydrogen-bond acceptors (Lipinski definition) is 6. The Labute approximate surface area is 140 Å². The molecule has 0 aliphatic carbocycles. The van der Waals surface area contributed by atoms with E-state index in [1.165, 1.54) is 6.08 Å². The Morgan fingerprint density at radius 3 is 2.62 bits per heavy atom. The molecule has 1 unspecified atom stereocenters. The highest BCUT2D eigenvalue weighted by molar-refractivity contribution is 5.84. The van der Waals surface area contributed by atoms with Crippen molar-refractivity contribution >= 4 is 5.97 Å². The van der Waals surface area contributed by atoms with Crippen LogP contribution in [0.2, 0.25) is 0 Å². The summed E-state index contributed by atoms with van der Waals surface area (Å²) in [6, 6.07) is 9.87. The highest BCUT2D eigenvalue weighted by Crippen LogP contribution is 2.41. The van der Waals surface area contributed by atoms with E-state index in [-0.39, 0.29) is 12.1 Å². The van der Waals surface area contributed by atoms with Crippen molar-refractivity contribution in [1.29, 1.82) is 0 Å². The third-order valence-corrected chi connectivity index (χ3v) is 4.31. The number of rotatable bonds is 4. The zero-order valence-electron chi connectivity index (χ0n) is 13.6. The molecule has 1 aromatic rings. The third kappa shape index (κ3) is 2.98. The topological polar surface area (TPSA) is 63.2 Å². The molecule has 24 heavy (non-hydrogen) atoms. The molecule has 5 atom stereocenters. The number of benzene rings is 1. The molecule has 0 spiro atoms. The Hall–Kier alpha value is -1.73. The summed E-state index contributed by atoms with van der Waals surface area (Å²) in [6.07, 6.45) is 0.874. The normalized spacial score (nSPS) is 36.8. The number of cyclic esters (lactones) is 1. The van der Waals surface area contributed by atoms with Crippen LogP contribution in [0.25, 0.3) is 0 Å². The van der Waals surface area contributed by atoms with Gasteiger partial charge in [0.15, 0.2) is 12.1 Å². The fourth-order valence-corrected chi connectivity index (χ4v) is 3.29. The number of ether oxygens (including phenoxy) is 5. The van der Waals surface area contributed by atoms with E-state index in [1.807, 2.05) is 44.2 Å². The molecule has 3 aliphatic heterocycles. The van der Waals surface area contributed by atoms with E-state index in [9.17, 15) is 4.79 Å². The van der Waals surface area contributed by atoms with E-state index in [2.05, 4.69) is 0 Å². The minimum atomic E-state index is -0.725.